The second-order valence-corrected chi connectivity index (χ2v) is 6.58. The first kappa shape index (κ1) is 16.2. The van der Waals surface area contributed by atoms with E-state index in [2.05, 4.69) is 21.2 Å². The Hall–Kier alpha value is -0.130. The lowest BCUT2D eigenvalue weighted by atomic mass is 9.85. The zero-order chi connectivity index (χ0) is 14.9. The van der Waals surface area contributed by atoms with Crippen molar-refractivity contribution in [3.05, 3.63) is 26.7 Å². The summed E-state index contributed by atoms with van der Waals surface area (Å²) in [5.74, 6) is -1.24. The molecule has 1 aromatic carbocycles. The molecule has 1 aliphatic carbocycles. The van der Waals surface area contributed by atoms with E-state index in [1.54, 1.807) is 12.1 Å². The van der Waals surface area contributed by atoms with Crippen LogP contribution in [0, 0.1) is 5.92 Å². The quantitative estimate of drug-likeness (QED) is 0.585. The maximum Gasteiger partial charge on any atom is 0.391 e. The predicted octanol–water partition coefficient (Wildman–Crippen LogP) is 6.29. The van der Waals surface area contributed by atoms with Crippen molar-refractivity contribution in [3.8, 4) is 0 Å². The van der Waals surface area contributed by atoms with Gasteiger partial charge in [-0.15, -0.1) is 0 Å². The maximum absolute atomic E-state index is 12.8. The van der Waals surface area contributed by atoms with Crippen LogP contribution in [0.1, 0.15) is 25.7 Å². The largest absolute Gasteiger partial charge is 0.391 e. The summed E-state index contributed by atoms with van der Waals surface area (Å²) >= 11 is 15.3. The van der Waals surface area contributed by atoms with E-state index >= 15 is 0 Å². The first-order chi connectivity index (χ1) is 9.29. The van der Waals surface area contributed by atoms with Gasteiger partial charge in [-0.05, 0) is 47.3 Å². The van der Waals surface area contributed by atoms with Crippen molar-refractivity contribution in [2.75, 3.05) is 5.32 Å². The van der Waals surface area contributed by atoms with Gasteiger partial charge in [0.05, 0.1) is 21.7 Å². The third kappa shape index (κ3) is 3.74. The second kappa shape index (κ2) is 6.32. The van der Waals surface area contributed by atoms with Crippen molar-refractivity contribution in [1.29, 1.82) is 0 Å². The highest BCUT2D eigenvalue weighted by molar-refractivity contribution is 9.10. The Labute approximate surface area is 134 Å². The smallest absolute Gasteiger partial charge is 0.381 e. The van der Waals surface area contributed by atoms with Crippen molar-refractivity contribution < 1.29 is 13.2 Å². The van der Waals surface area contributed by atoms with Crippen LogP contribution < -0.4 is 5.32 Å². The molecule has 2 unspecified atom stereocenters. The van der Waals surface area contributed by atoms with Crippen molar-refractivity contribution in [2.45, 2.75) is 37.9 Å². The number of halogens is 6. The molecular weight excluding hydrogens is 378 g/mol. The minimum Gasteiger partial charge on any atom is -0.381 e. The van der Waals surface area contributed by atoms with Gasteiger partial charge in [0, 0.05) is 10.5 Å². The van der Waals surface area contributed by atoms with E-state index in [9.17, 15) is 13.2 Å². The minimum absolute atomic E-state index is 0.0769. The summed E-state index contributed by atoms with van der Waals surface area (Å²) in [5.41, 5.74) is 0.577. The molecule has 2 rings (SSSR count). The van der Waals surface area contributed by atoms with Gasteiger partial charge in [-0.2, -0.15) is 13.2 Å². The molecule has 0 radical (unpaired) electrons. The third-order valence-electron chi connectivity index (χ3n) is 3.53. The first-order valence-corrected chi connectivity index (χ1v) is 7.80. The maximum atomic E-state index is 12.8. The molecule has 0 spiro atoms. The molecule has 1 aliphatic rings. The Bertz CT molecular complexity index is 493. The molecule has 1 fully saturated rings. The highest BCUT2D eigenvalue weighted by Crippen LogP contribution is 2.40. The summed E-state index contributed by atoms with van der Waals surface area (Å²) in [7, 11) is 0. The molecule has 2 atom stereocenters. The Morgan fingerprint density at radius 2 is 1.85 bits per heavy atom. The van der Waals surface area contributed by atoms with E-state index in [1.807, 2.05) is 0 Å². The first-order valence-electron chi connectivity index (χ1n) is 6.25. The fraction of sp³-hybridized carbons (Fsp3) is 0.538. The normalized spacial score (nSPS) is 23.7. The fourth-order valence-corrected chi connectivity index (χ4v) is 3.30. The van der Waals surface area contributed by atoms with Crippen LogP contribution in [-0.4, -0.2) is 12.2 Å². The standard InChI is InChI=1S/C13H13BrCl2F3N/c14-9-4-5-10(12(16)11(9)15)20-8-3-1-2-7(6-8)13(17,18)19/h4-5,7-8,20H,1-3,6H2. The number of anilines is 1. The average molecular weight is 391 g/mol. The summed E-state index contributed by atoms with van der Waals surface area (Å²) in [6.07, 6.45) is -2.58. The molecule has 1 N–H and O–H groups in total. The van der Waals surface area contributed by atoms with Crippen LogP contribution in [0.15, 0.2) is 16.6 Å². The van der Waals surface area contributed by atoms with Gasteiger partial charge in [0.2, 0.25) is 0 Å². The number of rotatable bonds is 2. The van der Waals surface area contributed by atoms with Gasteiger partial charge in [-0.25, -0.2) is 0 Å². The van der Waals surface area contributed by atoms with E-state index in [0.717, 1.165) is 0 Å². The van der Waals surface area contributed by atoms with Gasteiger partial charge in [0.25, 0.3) is 0 Å². The molecule has 0 aliphatic heterocycles. The van der Waals surface area contributed by atoms with Crippen molar-refractivity contribution in [2.24, 2.45) is 5.92 Å². The molecule has 112 valence electrons. The predicted molar refractivity (Wildman–Crippen MR) is 79.6 cm³/mol. The van der Waals surface area contributed by atoms with E-state index in [4.69, 9.17) is 23.2 Å². The molecule has 1 aromatic rings. The molecule has 7 heteroatoms. The second-order valence-electron chi connectivity index (χ2n) is 4.97. The van der Waals surface area contributed by atoms with E-state index < -0.39 is 12.1 Å². The van der Waals surface area contributed by atoms with Gasteiger partial charge < -0.3 is 5.32 Å². The molecule has 1 saturated carbocycles. The summed E-state index contributed by atoms with van der Waals surface area (Å²) in [6.45, 7) is 0. The topological polar surface area (TPSA) is 12.0 Å². The van der Waals surface area contributed by atoms with Crippen LogP contribution in [0.3, 0.4) is 0 Å². The Morgan fingerprint density at radius 1 is 1.15 bits per heavy atom. The van der Waals surface area contributed by atoms with Crippen molar-refractivity contribution in [3.63, 3.8) is 0 Å². The summed E-state index contributed by atoms with van der Waals surface area (Å²) in [4.78, 5) is 0. The zero-order valence-electron chi connectivity index (χ0n) is 10.4. The van der Waals surface area contributed by atoms with Crippen molar-refractivity contribution in [1.82, 2.24) is 0 Å². The van der Waals surface area contributed by atoms with Crippen LogP contribution >= 0.6 is 39.1 Å². The molecule has 0 heterocycles. The number of nitrogens with one attached hydrogen (secondary N) is 1. The molecule has 0 bridgehead atoms. The molecule has 0 aromatic heterocycles. The highest BCUT2D eigenvalue weighted by Gasteiger charge is 2.42. The van der Waals surface area contributed by atoms with Crippen LogP contribution in [0.5, 0.6) is 0 Å². The Kier molecular flexibility index (Phi) is 5.14. The van der Waals surface area contributed by atoms with Gasteiger partial charge in [0.15, 0.2) is 0 Å². The van der Waals surface area contributed by atoms with E-state index in [0.29, 0.717) is 33.0 Å². The fourth-order valence-electron chi connectivity index (χ4n) is 2.48. The van der Waals surface area contributed by atoms with Crippen molar-refractivity contribution >= 4 is 44.8 Å². The van der Waals surface area contributed by atoms with Crippen LogP contribution in [0.2, 0.25) is 10.0 Å². The van der Waals surface area contributed by atoms with Gasteiger partial charge in [-0.1, -0.05) is 29.6 Å². The number of hydrogen-bond acceptors (Lipinski definition) is 1. The monoisotopic (exact) mass is 389 g/mol. The van der Waals surface area contributed by atoms with Crippen LogP contribution in [0.4, 0.5) is 18.9 Å². The van der Waals surface area contributed by atoms with Gasteiger partial charge in [-0.3, -0.25) is 0 Å². The number of hydrogen-bond donors (Lipinski definition) is 1. The lowest BCUT2D eigenvalue weighted by Gasteiger charge is -2.31. The Morgan fingerprint density at radius 3 is 2.50 bits per heavy atom. The lowest BCUT2D eigenvalue weighted by Crippen LogP contribution is -2.34. The lowest BCUT2D eigenvalue weighted by molar-refractivity contribution is -0.182. The molecule has 20 heavy (non-hydrogen) atoms. The number of benzene rings is 1. The van der Waals surface area contributed by atoms with Crippen LogP contribution in [-0.2, 0) is 0 Å². The van der Waals surface area contributed by atoms with E-state index in [1.165, 1.54) is 0 Å². The Balaban J connectivity index is 2.09. The molecule has 0 amide bonds. The minimum atomic E-state index is -4.12. The molecular formula is C13H13BrCl2F3N. The van der Waals surface area contributed by atoms with E-state index in [-0.39, 0.29) is 18.9 Å². The summed E-state index contributed by atoms with van der Waals surface area (Å²) < 4.78 is 39.0. The summed E-state index contributed by atoms with van der Waals surface area (Å²) in [6, 6.07) is 3.21. The zero-order valence-corrected chi connectivity index (χ0v) is 13.5. The van der Waals surface area contributed by atoms with Crippen LogP contribution in [0.25, 0.3) is 0 Å². The molecule has 1 nitrogen and oxygen atoms in total. The molecule has 0 saturated heterocycles. The number of alkyl halides is 3. The SMILES string of the molecule is FC(F)(F)C1CCCC(Nc2ccc(Br)c(Cl)c2Cl)C1. The van der Waals surface area contributed by atoms with Gasteiger partial charge >= 0.3 is 6.18 Å². The third-order valence-corrected chi connectivity index (χ3v) is 5.30. The summed E-state index contributed by atoms with van der Waals surface area (Å²) in [5, 5.41) is 3.77. The average Bonchev–Trinajstić information content (AvgIpc) is 2.39. The van der Waals surface area contributed by atoms with Gasteiger partial charge in [0.1, 0.15) is 0 Å². The highest BCUT2D eigenvalue weighted by atomic mass is 79.9.